The van der Waals surface area contributed by atoms with Gasteiger partial charge in [-0.3, -0.25) is 0 Å². The third-order valence-electron chi connectivity index (χ3n) is 4.05. The van der Waals surface area contributed by atoms with Gasteiger partial charge in [0, 0.05) is 13.2 Å². The Hall–Kier alpha value is -1.12. The van der Waals surface area contributed by atoms with Gasteiger partial charge in [0.25, 0.3) is 0 Å². The number of aliphatic hydroxyl groups excluding tert-OH is 2. The van der Waals surface area contributed by atoms with E-state index in [2.05, 4.69) is 26.8 Å². The largest absolute Gasteiger partial charge is 0.396 e. The number of rotatable bonds is 3. The molecule has 2 N–H and O–H groups in total. The van der Waals surface area contributed by atoms with E-state index in [4.69, 9.17) is 10.2 Å². The molecule has 1 aliphatic rings. The standard InChI is InChI=1S/C10H18O.C8H10O/c1-7-4-8(2)10(6-11)9(3)5-7;9-7-6-8-4-2-1-3-5-8/h4,8-11H,5-6H2,1-3H3;1-5,9H,6-7H2. The van der Waals surface area contributed by atoms with Crippen LogP contribution in [-0.4, -0.2) is 23.4 Å². The highest BCUT2D eigenvalue weighted by Crippen LogP contribution is 2.32. The summed E-state index contributed by atoms with van der Waals surface area (Å²) in [5.41, 5.74) is 2.68. The smallest absolute Gasteiger partial charge is 0.0471 e. The Kier molecular flexibility index (Phi) is 7.56. The number of hydrogen-bond donors (Lipinski definition) is 2. The van der Waals surface area contributed by atoms with Gasteiger partial charge in [-0.15, -0.1) is 0 Å². The summed E-state index contributed by atoms with van der Waals surface area (Å²) >= 11 is 0. The van der Waals surface area contributed by atoms with E-state index in [0.717, 1.165) is 12.8 Å². The van der Waals surface area contributed by atoms with E-state index in [9.17, 15) is 0 Å². The zero-order valence-electron chi connectivity index (χ0n) is 12.9. The van der Waals surface area contributed by atoms with Crippen LogP contribution >= 0.6 is 0 Å². The lowest BCUT2D eigenvalue weighted by Crippen LogP contribution is -2.26. The molecule has 3 atom stereocenters. The van der Waals surface area contributed by atoms with Crippen molar-refractivity contribution in [3.8, 4) is 0 Å². The predicted octanol–water partition coefficient (Wildman–Crippen LogP) is 3.44. The van der Waals surface area contributed by atoms with Crippen molar-refractivity contribution in [2.24, 2.45) is 17.8 Å². The fourth-order valence-electron chi connectivity index (χ4n) is 2.94. The number of allylic oxidation sites excluding steroid dienone is 2. The SMILES string of the molecule is CC1=CC(C)C(CO)C(C)C1.OCCc1ccccc1. The van der Waals surface area contributed by atoms with Crippen LogP contribution in [0.2, 0.25) is 0 Å². The maximum atomic E-state index is 9.09. The van der Waals surface area contributed by atoms with Gasteiger partial charge in [0.05, 0.1) is 0 Å². The van der Waals surface area contributed by atoms with Crippen LogP contribution in [0.4, 0.5) is 0 Å². The van der Waals surface area contributed by atoms with Gasteiger partial charge >= 0.3 is 0 Å². The van der Waals surface area contributed by atoms with Crippen molar-refractivity contribution in [3.05, 3.63) is 47.5 Å². The molecule has 0 amide bonds. The van der Waals surface area contributed by atoms with Crippen LogP contribution < -0.4 is 0 Å². The fraction of sp³-hybridized carbons (Fsp3) is 0.556. The van der Waals surface area contributed by atoms with E-state index >= 15 is 0 Å². The first-order chi connectivity index (χ1) is 9.58. The quantitative estimate of drug-likeness (QED) is 0.830. The zero-order valence-corrected chi connectivity index (χ0v) is 12.9. The van der Waals surface area contributed by atoms with Crippen LogP contribution in [0, 0.1) is 17.8 Å². The van der Waals surface area contributed by atoms with Crippen molar-refractivity contribution in [2.75, 3.05) is 13.2 Å². The van der Waals surface area contributed by atoms with Gasteiger partial charge in [-0.05, 0) is 43.1 Å². The Morgan fingerprint density at radius 3 is 2.25 bits per heavy atom. The predicted molar refractivity (Wildman–Crippen MR) is 84.5 cm³/mol. The summed E-state index contributed by atoms with van der Waals surface area (Å²) in [7, 11) is 0. The Balaban J connectivity index is 0.000000204. The fourth-order valence-corrected chi connectivity index (χ4v) is 2.94. The van der Waals surface area contributed by atoms with Crippen molar-refractivity contribution >= 4 is 0 Å². The van der Waals surface area contributed by atoms with Gasteiger partial charge in [-0.25, -0.2) is 0 Å². The molecule has 0 heterocycles. The highest BCUT2D eigenvalue weighted by molar-refractivity contribution is 5.14. The Bertz CT molecular complexity index is 397. The molecule has 0 bridgehead atoms. The van der Waals surface area contributed by atoms with Crippen LogP contribution in [-0.2, 0) is 6.42 Å². The number of benzene rings is 1. The van der Waals surface area contributed by atoms with Crippen molar-refractivity contribution in [3.63, 3.8) is 0 Å². The van der Waals surface area contributed by atoms with Crippen molar-refractivity contribution in [1.82, 2.24) is 0 Å². The number of hydrogen-bond acceptors (Lipinski definition) is 2. The third kappa shape index (κ3) is 5.48. The minimum Gasteiger partial charge on any atom is -0.396 e. The molecule has 0 saturated heterocycles. The molecule has 0 spiro atoms. The molecule has 0 radical (unpaired) electrons. The van der Waals surface area contributed by atoms with Crippen LogP contribution in [0.15, 0.2) is 42.0 Å². The normalized spacial score (nSPS) is 25.4. The average molecular weight is 276 g/mol. The topological polar surface area (TPSA) is 40.5 Å². The van der Waals surface area contributed by atoms with Crippen molar-refractivity contribution in [1.29, 1.82) is 0 Å². The summed E-state index contributed by atoms with van der Waals surface area (Å²) in [4.78, 5) is 0. The second-order valence-electron chi connectivity index (χ2n) is 5.86. The van der Waals surface area contributed by atoms with E-state index in [0.29, 0.717) is 24.4 Å². The van der Waals surface area contributed by atoms with Gasteiger partial charge < -0.3 is 10.2 Å². The molecule has 2 rings (SSSR count). The molecular weight excluding hydrogens is 248 g/mol. The van der Waals surface area contributed by atoms with Gasteiger partial charge in [0.2, 0.25) is 0 Å². The van der Waals surface area contributed by atoms with E-state index in [1.165, 1.54) is 11.1 Å². The number of aliphatic hydroxyl groups is 2. The molecule has 20 heavy (non-hydrogen) atoms. The molecule has 1 aromatic rings. The van der Waals surface area contributed by atoms with Crippen molar-refractivity contribution < 1.29 is 10.2 Å². The highest BCUT2D eigenvalue weighted by Gasteiger charge is 2.25. The Morgan fingerprint density at radius 1 is 1.10 bits per heavy atom. The molecule has 2 nitrogen and oxygen atoms in total. The maximum absolute atomic E-state index is 9.09. The van der Waals surface area contributed by atoms with Crippen molar-refractivity contribution in [2.45, 2.75) is 33.6 Å². The van der Waals surface area contributed by atoms with Crippen LogP contribution in [0.1, 0.15) is 32.8 Å². The average Bonchev–Trinajstić information content (AvgIpc) is 2.40. The lowest BCUT2D eigenvalue weighted by atomic mass is 9.75. The molecule has 112 valence electrons. The first-order valence-electron chi connectivity index (χ1n) is 7.51. The summed E-state index contributed by atoms with van der Waals surface area (Å²) in [5.74, 6) is 1.70. The highest BCUT2D eigenvalue weighted by atomic mass is 16.3. The van der Waals surface area contributed by atoms with E-state index in [1.54, 1.807) is 0 Å². The summed E-state index contributed by atoms with van der Waals surface area (Å²) in [5, 5.41) is 17.6. The Labute approximate surface area is 123 Å². The maximum Gasteiger partial charge on any atom is 0.0471 e. The zero-order chi connectivity index (χ0) is 15.0. The summed E-state index contributed by atoms with van der Waals surface area (Å²) < 4.78 is 0. The monoisotopic (exact) mass is 276 g/mol. The lowest BCUT2D eigenvalue weighted by Gasteiger charge is -2.31. The molecule has 2 heteroatoms. The van der Waals surface area contributed by atoms with E-state index in [-0.39, 0.29) is 6.61 Å². The van der Waals surface area contributed by atoms with Crippen LogP contribution in [0.25, 0.3) is 0 Å². The molecular formula is C18H28O2. The van der Waals surface area contributed by atoms with E-state index < -0.39 is 0 Å². The molecule has 0 fully saturated rings. The molecule has 1 aliphatic carbocycles. The second-order valence-corrected chi connectivity index (χ2v) is 5.86. The van der Waals surface area contributed by atoms with Gasteiger partial charge in [0.1, 0.15) is 0 Å². The first kappa shape index (κ1) is 16.9. The molecule has 1 aromatic carbocycles. The first-order valence-corrected chi connectivity index (χ1v) is 7.51. The van der Waals surface area contributed by atoms with Gasteiger partial charge in [-0.1, -0.05) is 55.8 Å². The molecule has 0 saturated carbocycles. The van der Waals surface area contributed by atoms with Gasteiger partial charge in [-0.2, -0.15) is 0 Å². The minimum absolute atomic E-state index is 0.240. The Morgan fingerprint density at radius 2 is 1.75 bits per heavy atom. The second kappa shape index (κ2) is 8.93. The summed E-state index contributed by atoms with van der Waals surface area (Å²) in [6.45, 7) is 7.19. The summed E-state index contributed by atoms with van der Waals surface area (Å²) in [6.07, 6.45) is 4.22. The molecule has 3 unspecified atom stereocenters. The van der Waals surface area contributed by atoms with Crippen LogP contribution in [0.3, 0.4) is 0 Å². The van der Waals surface area contributed by atoms with E-state index in [1.807, 2.05) is 30.3 Å². The van der Waals surface area contributed by atoms with Crippen LogP contribution in [0.5, 0.6) is 0 Å². The molecule has 0 aromatic heterocycles. The summed E-state index contributed by atoms with van der Waals surface area (Å²) in [6, 6.07) is 9.95. The van der Waals surface area contributed by atoms with Gasteiger partial charge in [0.15, 0.2) is 0 Å². The minimum atomic E-state index is 0.240. The lowest BCUT2D eigenvalue weighted by molar-refractivity contribution is 0.144. The molecule has 0 aliphatic heterocycles. The third-order valence-corrected chi connectivity index (χ3v) is 4.05.